The van der Waals surface area contributed by atoms with Crippen LogP contribution in [0.2, 0.25) is 0 Å². The third-order valence-corrected chi connectivity index (χ3v) is 15.2. The molecule has 1 aromatic heterocycles. The van der Waals surface area contributed by atoms with E-state index < -0.39 is 5.41 Å². The van der Waals surface area contributed by atoms with E-state index in [-0.39, 0.29) is 0 Å². The monoisotopic (exact) mass is 929 g/mol. The minimum Gasteiger partial charge on any atom is -0.456 e. The van der Waals surface area contributed by atoms with Crippen LogP contribution in [-0.4, -0.2) is 0 Å². The van der Waals surface area contributed by atoms with E-state index in [9.17, 15) is 0 Å². The maximum atomic E-state index is 6.37. The Balaban J connectivity index is 0.866. The van der Waals surface area contributed by atoms with Gasteiger partial charge in [-0.05, 0) is 143 Å². The van der Waals surface area contributed by atoms with Crippen molar-refractivity contribution in [3.8, 4) is 55.6 Å². The molecule has 12 aromatic carbocycles. The number of para-hydroxylation sites is 1. The third kappa shape index (κ3) is 7.02. The van der Waals surface area contributed by atoms with Gasteiger partial charge in [-0.2, -0.15) is 0 Å². The zero-order valence-electron chi connectivity index (χ0n) is 40.0. The van der Waals surface area contributed by atoms with Gasteiger partial charge in [-0.25, -0.2) is 0 Å². The smallest absolute Gasteiger partial charge is 0.136 e. The molecule has 14 rings (SSSR count). The Hall–Kier alpha value is -9.50. The maximum absolute atomic E-state index is 6.37. The van der Waals surface area contributed by atoms with Gasteiger partial charge in [0.05, 0.1) is 5.41 Å². The van der Waals surface area contributed by atoms with Crippen LogP contribution in [0.15, 0.2) is 290 Å². The lowest BCUT2D eigenvalue weighted by Crippen LogP contribution is -2.28. The van der Waals surface area contributed by atoms with Crippen molar-refractivity contribution in [3.05, 3.63) is 307 Å². The topological polar surface area (TPSA) is 16.4 Å². The van der Waals surface area contributed by atoms with E-state index in [1.165, 1.54) is 72.0 Å². The Labute approximate surface area is 425 Å². The summed E-state index contributed by atoms with van der Waals surface area (Å²) in [6.07, 6.45) is 0. The molecule has 2 nitrogen and oxygen atoms in total. The number of hydrogen-bond donors (Lipinski definition) is 0. The van der Waals surface area contributed by atoms with Crippen LogP contribution in [0.5, 0.6) is 0 Å². The van der Waals surface area contributed by atoms with Crippen LogP contribution in [0.1, 0.15) is 22.3 Å². The van der Waals surface area contributed by atoms with Crippen molar-refractivity contribution < 1.29 is 4.42 Å². The highest BCUT2D eigenvalue weighted by Gasteiger charge is 2.46. The van der Waals surface area contributed by atoms with Crippen molar-refractivity contribution in [2.75, 3.05) is 4.90 Å². The van der Waals surface area contributed by atoms with Crippen molar-refractivity contribution in [1.82, 2.24) is 0 Å². The molecule has 0 bridgehead atoms. The van der Waals surface area contributed by atoms with Crippen molar-refractivity contribution in [2.24, 2.45) is 0 Å². The number of nitrogens with zero attached hydrogens (tertiary/aromatic N) is 1. The van der Waals surface area contributed by atoms with Crippen molar-refractivity contribution >= 4 is 49.8 Å². The number of fused-ring (bicyclic) bond motifs is 7. The fourth-order valence-corrected chi connectivity index (χ4v) is 11.8. The molecule has 0 saturated carbocycles. The van der Waals surface area contributed by atoms with Gasteiger partial charge in [0.2, 0.25) is 0 Å². The molecular weight excluding hydrogens is 883 g/mol. The highest BCUT2D eigenvalue weighted by Crippen LogP contribution is 2.58. The van der Waals surface area contributed by atoms with Crippen molar-refractivity contribution in [1.29, 1.82) is 0 Å². The molecule has 1 aliphatic rings. The van der Waals surface area contributed by atoms with Crippen molar-refractivity contribution in [3.63, 3.8) is 0 Å². The predicted molar refractivity (Wildman–Crippen MR) is 305 cm³/mol. The lowest BCUT2D eigenvalue weighted by molar-refractivity contribution is 0.669. The number of furan rings is 1. The molecule has 342 valence electrons. The summed E-state index contributed by atoms with van der Waals surface area (Å²) in [7, 11) is 0. The molecule has 0 spiro atoms. The van der Waals surface area contributed by atoms with Gasteiger partial charge in [-0.1, -0.05) is 231 Å². The molecule has 0 fully saturated rings. The van der Waals surface area contributed by atoms with Crippen LogP contribution in [0.25, 0.3) is 88.3 Å². The molecule has 1 heterocycles. The molecule has 0 atom stereocenters. The lowest BCUT2D eigenvalue weighted by atomic mass is 9.67. The van der Waals surface area contributed by atoms with E-state index in [1.54, 1.807) is 0 Å². The summed E-state index contributed by atoms with van der Waals surface area (Å²) in [5.74, 6) is 0. The maximum Gasteiger partial charge on any atom is 0.136 e. The second-order valence-electron chi connectivity index (χ2n) is 19.1. The third-order valence-electron chi connectivity index (χ3n) is 15.2. The molecule has 0 unspecified atom stereocenters. The summed E-state index contributed by atoms with van der Waals surface area (Å²) in [5, 5.41) is 4.77. The fourth-order valence-electron chi connectivity index (χ4n) is 11.8. The zero-order chi connectivity index (χ0) is 48.3. The standard InChI is InChI=1S/C71H47NO/c1-3-19-55(20-4-1)71(56-21-5-2-6-22-56)66-29-11-9-26-65(66)70-62(28-15-30-67(70)71)52-38-43-58(44-39-52)72(59-23-13-18-53(46-59)54-40-45-64-63-25-10-12-31-68(63)73-69(64)47-54)57-41-36-49(37-42-57)48-32-34-51(35-33-48)61-27-14-17-50-16-7-8-24-60(50)61/h1-47H. The molecule has 73 heavy (non-hydrogen) atoms. The molecule has 0 radical (unpaired) electrons. The molecule has 0 aliphatic heterocycles. The normalized spacial score (nSPS) is 12.5. The van der Waals surface area contributed by atoms with Gasteiger partial charge in [0.1, 0.15) is 11.2 Å². The first-order chi connectivity index (χ1) is 36.2. The van der Waals surface area contributed by atoms with Gasteiger partial charge in [-0.3, -0.25) is 0 Å². The van der Waals surface area contributed by atoms with Crippen LogP contribution >= 0.6 is 0 Å². The summed E-state index contributed by atoms with van der Waals surface area (Å²) in [4.78, 5) is 2.38. The minimum atomic E-state index is -0.466. The number of rotatable bonds is 9. The molecule has 13 aromatic rings. The largest absolute Gasteiger partial charge is 0.456 e. The van der Waals surface area contributed by atoms with E-state index >= 15 is 0 Å². The molecule has 1 aliphatic carbocycles. The minimum absolute atomic E-state index is 0.466. The van der Waals surface area contributed by atoms with E-state index in [4.69, 9.17) is 4.42 Å². The Kier molecular flexibility index (Phi) is 10.1. The van der Waals surface area contributed by atoms with Crippen LogP contribution < -0.4 is 4.90 Å². The summed E-state index contributed by atoms with van der Waals surface area (Å²) in [6, 6.07) is 104. The van der Waals surface area contributed by atoms with Crippen LogP contribution in [0, 0.1) is 0 Å². The summed E-state index contributed by atoms with van der Waals surface area (Å²) < 4.78 is 6.37. The van der Waals surface area contributed by atoms with E-state index in [0.29, 0.717) is 0 Å². The number of anilines is 3. The van der Waals surface area contributed by atoms with Gasteiger partial charge >= 0.3 is 0 Å². The Bertz CT molecular complexity index is 4130. The van der Waals surface area contributed by atoms with Crippen molar-refractivity contribution in [2.45, 2.75) is 5.41 Å². The summed E-state index contributed by atoms with van der Waals surface area (Å²) in [5.41, 5.74) is 21.6. The average molecular weight is 930 g/mol. The van der Waals surface area contributed by atoms with Gasteiger partial charge in [-0.15, -0.1) is 0 Å². The Morgan fingerprint density at radius 1 is 0.274 bits per heavy atom. The van der Waals surface area contributed by atoms with Crippen LogP contribution in [-0.2, 0) is 5.41 Å². The molecular formula is C71H47NO. The van der Waals surface area contributed by atoms with Gasteiger partial charge in [0.25, 0.3) is 0 Å². The molecule has 0 N–H and O–H groups in total. The predicted octanol–water partition coefficient (Wildman–Crippen LogP) is 19.2. The Morgan fingerprint density at radius 3 is 1.52 bits per heavy atom. The fraction of sp³-hybridized carbons (Fsp3) is 0.0141. The summed E-state index contributed by atoms with van der Waals surface area (Å²) in [6.45, 7) is 0. The second kappa shape index (κ2) is 17.4. The first kappa shape index (κ1) is 42.4. The average Bonchev–Trinajstić information content (AvgIpc) is 4.05. The number of benzene rings is 12. The first-order valence-electron chi connectivity index (χ1n) is 25.1. The lowest BCUT2D eigenvalue weighted by Gasteiger charge is -2.34. The van der Waals surface area contributed by atoms with Crippen LogP contribution in [0.3, 0.4) is 0 Å². The second-order valence-corrected chi connectivity index (χ2v) is 19.1. The van der Waals surface area contributed by atoms with E-state index in [0.717, 1.165) is 55.7 Å². The molecule has 2 heteroatoms. The number of hydrogen-bond acceptors (Lipinski definition) is 2. The zero-order valence-corrected chi connectivity index (χ0v) is 40.0. The van der Waals surface area contributed by atoms with Crippen LogP contribution in [0.4, 0.5) is 17.1 Å². The molecule has 0 amide bonds. The quantitative estimate of drug-likeness (QED) is 0.143. The molecule has 0 saturated heterocycles. The van der Waals surface area contributed by atoms with E-state index in [2.05, 4.69) is 278 Å². The highest BCUT2D eigenvalue weighted by molar-refractivity contribution is 6.06. The van der Waals surface area contributed by atoms with Gasteiger partial charge in [0, 0.05) is 27.8 Å². The SMILES string of the molecule is c1ccc(C2(c3ccccc3)c3ccccc3-c3c(-c4ccc(N(c5ccc(-c6ccc(-c7cccc8ccccc78)cc6)cc5)c5cccc(-c6ccc7c(c6)oc6ccccc67)c5)cc4)cccc32)cc1. The first-order valence-corrected chi connectivity index (χ1v) is 25.1. The van der Waals surface area contributed by atoms with Gasteiger partial charge in [0.15, 0.2) is 0 Å². The highest BCUT2D eigenvalue weighted by atomic mass is 16.3. The summed E-state index contributed by atoms with van der Waals surface area (Å²) >= 11 is 0. The van der Waals surface area contributed by atoms with E-state index in [1.807, 2.05) is 12.1 Å². The van der Waals surface area contributed by atoms with Gasteiger partial charge < -0.3 is 9.32 Å². The Morgan fingerprint density at radius 2 is 0.767 bits per heavy atom.